The Kier molecular flexibility index (Phi) is 4.85. The zero-order valence-electron chi connectivity index (χ0n) is 10.9. The number of hydrogen-bond acceptors (Lipinski definition) is 4. The summed E-state index contributed by atoms with van der Waals surface area (Å²) in [5.41, 5.74) is -0.0129. The van der Waals surface area contributed by atoms with E-state index in [0.717, 1.165) is 12.1 Å². The molecule has 0 fully saturated rings. The van der Waals surface area contributed by atoms with E-state index in [1.165, 1.54) is 18.3 Å². The van der Waals surface area contributed by atoms with Crippen LogP contribution in [-0.2, 0) is 4.74 Å². The molecule has 110 valence electrons. The molecule has 2 rings (SSSR count). The number of hydrogen-bond donors (Lipinski definition) is 0. The fourth-order valence-corrected chi connectivity index (χ4v) is 1.96. The summed E-state index contributed by atoms with van der Waals surface area (Å²) in [6, 6.07) is 4.99. The van der Waals surface area contributed by atoms with Gasteiger partial charge in [-0.3, -0.25) is 0 Å². The largest absolute Gasteiger partial charge is 0.462 e. The molecule has 0 N–H and O–H groups in total. The Morgan fingerprint density at radius 1 is 1.33 bits per heavy atom. The van der Waals surface area contributed by atoms with Crippen molar-refractivity contribution in [3.8, 4) is 11.6 Å². The van der Waals surface area contributed by atoms with Crippen molar-refractivity contribution in [2.24, 2.45) is 0 Å². The number of halogens is 3. The van der Waals surface area contributed by atoms with E-state index in [4.69, 9.17) is 9.47 Å². The van der Waals surface area contributed by atoms with Crippen LogP contribution in [-0.4, -0.2) is 17.6 Å². The number of ether oxygens (including phenoxy) is 2. The van der Waals surface area contributed by atoms with E-state index < -0.39 is 23.4 Å². The topological polar surface area (TPSA) is 48.4 Å². The maximum Gasteiger partial charge on any atom is 0.343 e. The van der Waals surface area contributed by atoms with Crippen molar-refractivity contribution in [1.82, 2.24) is 4.98 Å². The van der Waals surface area contributed by atoms with Crippen molar-refractivity contribution in [2.75, 3.05) is 6.61 Å². The van der Waals surface area contributed by atoms with Crippen molar-refractivity contribution in [3.63, 3.8) is 0 Å². The number of esters is 1. The lowest BCUT2D eigenvalue weighted by atomic mass is 10.2. The lowest BCUT2D eigenvalue weighted by Crippen LogP contribution is -2.08. The monoisotopic (exact) mass is 357 g/mol. The minimum absolute atomic E-state index is 0.0129. The first-order chi connectivity index (χ1) is 10.0. The molecule has 0 aliphatic carbocycles. The van der Waals surface area contributed by atoms with Gasteiger partial charge in [0.2, 0.25) is 11.6 Å². The van der Waals surface area contributed by atoms with E-state index in [1.54, 1.807) is 6.92 Å². The van der Waals surface area contributed by atoms with Crippen LogP contribution in [0.4, 0.5) is 8.78 Å². The Labute approximate surface area is 127 Å². The molecule has 0 radical (unpaired) electrons. The van der Waals surface area contributed by atoms with Gasteiger partial charge in [0, 0.05) is 10.7 Å². The predicted molar refractivity (Wildman–Crippen MR) is 74.3 cm³/mol. The minimum Gasteiger partial charge on any atom is -0.462 e. The van der Waals surface area contributed by atoms with Crippen LogP contribution < -0.4 is 4.74 Å². The second-order valence-corrected chi connectivity index (χ2v) is 4.79. The highest BCUT2D eigenvalue weighted by Gasteiger charge is 2.19. The standard InChI is InChI=1S/C14H10BrF2NO3/c1-2-20-14(19)9-4-3-5-18-13(9)21-12-10(16)6-8(15)7-11(12)17/h3-7H,2H2,1H3. The zero-order chi connectivity index (χ0) is 15.4. The third-order valence-corrected chi connectivity index (χ3v) is 2.89. The highest BCUT2D eigenvalue weighted by Crippen LogP contribution is 2.31. The summed E-state index contributed by atoms with van der Waals surface area (Å²) in [6.07, 6.45) is 1.34. The average molecular weight is 358 g/mol. The fourth-order valence-electron chi connectivity index (χ4n) is 1.56. The van der Waals surface area contributed by atoms with Crippen LogP contribution >= 0.6 is 15.9 Å². The van der Waals surface area contributed by atoms with Crippen LogP contribution in [0.3, 0.4) is 0 Å². The van der Waals surface area contributed by atoms with Gasteiger partial charge in [-0.25, -0.2) is 18.6 Å². The molecule has 0 spiro atoms. The van der Waals surface area contributed by atoms with Crippen LogP contribution in [0.15, 0.2) is 34.9 Å². The Morgan fingerprint density at radius 3 is 2.62 bits per heavy atom. The number of pyridine rings is 1. The summed E-state index contributed by atoms with van der Waals surface area (Å²) in [5, 5.41) is 0. The Bertz CT molecular complexity index is 656. The SMILES string of the molecule is CCOC(=O)c1cccnc1Oc1c(F)cc(Br)cc1F. The smallest absolute Gasteiger partial charge is 0.343 e. The molecule has 0 unspecified atom stereocenters. The van der Waals surface area contributed by atoms with Gasteiger partial charge in [-0.2, -0.15) is 0 Å². The molecule has 4 nitrogen and oxygen atoms in total. The summed E-state index contributed by atoms with van der Waals surface area (Å²) in [4.78, 5) is 15.6. The van der Waals surface area contributed by atoms with Crippen molar-refractivity contribution >= 4 is 21.9 Å². The number of nitrogens with zero attached hydrogens (tertiary/aromatic N) is 1. The summed E-state index contributed by atoms with van der Waals surface area (Å²) in [6.45, 7) is 1.80. The van der Waals surface area contributed by atoms with Crippen molar-refractivity contribution in [1.29, 1.82) is 0 Å². The van der Waals surface area contributed by atoms with Gasteiger partial charge in [-0.1, -0.05) is 15.9 Å². The first kappa shape index (κ1) is 15.4. The molecule has 1 heterocycles. The minimum atomic E-state index is -0.915. The zero-order valence-corrected chi connectivity index (χ0v) is 12.5. The summed E-state index contributed by atoms with van der Waals surface area (Å²) in [5.74, 6) is -3.37. The first-order valence-corrected chi connectivity index (χ1v) is 6.76. The average Bonchev–Trinajstić information content (AvgIpc) is 2.43. The molecule has 1 aromatic carbocycles. The van der Waals surface area contributed by atoms with Crippen LogP contribution in [0, 0.1) is 11.6 Å². The Morgan fingerprint density at radius 2 is 2.00 bits per heavy atom. The van der Waals surface area contributed by atoms with Gasteiger partial charge in [-0.05, 0) is 31.2 Å². The number of carbonyl (C=O) groups excluding carboxylic acids is 1. The first-order valence-electron chi connectivity index (χ1n) is 5.97. The molecule has 2 aromatic rings. The molecule has 0 aliphatic rings. The van der Waals surface area contributed by atoms with Gasteiger partial charge < -0.3 is 9.47 Å². The van der Waals surface area contributed by atoms with E-state index in [0.29, 0.717) is 0 Å². The second kappa shape index (κ2) is 6.62. The van der Waals surface area contributed by atoms with Gasteiger partial charge in [-0.15, -0.1) is 0 Å². The predicted octanol–water partition coefficient (Wildman–Crippen LogP) is 4.09. The molecule has 7 heteroatoms. The molecule has 0 saturated heterocycles. The van der Waals surface area contributed by atoms with Crippen LogP contribution in [0.25, 0.3) is 0 Å². The highest BCUT2D eigenvalue weighted by atomic mass is 79.9. The molecule has 0 atom stereocenters. The number of benzene rings is 1. The molecule has 0 bridgehead atoms. The van der Waals surface area contributed by atoms with Crippen molar-refractivity contribution < 1.29 is 23.0 Å². The third-order valence-electron chi connectivity index (χ3n) is 2.43. The highest BCUT2D eigenvalue weighted by molar-refractivity contribution is 9.10. The summed E-state index contributed by atoms with van der Waals surface area (Å²) >= 11 is 2.97. The molecular formula is C14H10BrF2NO3. The fraction of sp³-hybridized carbons (Fsp3) is 0.143. The molecule has 0 aliphatic heterocycles. The lowest BCUT2D eigenvalue weighted by Gasteiger charge is -2.10. The van der Waals surface area contributed by atoms with Gasteiger partial charge >= 0.3 is 5.97 Å². The van der Waals surface area contributed by atoms with Gasteiger partial charge in [0.1, 0.15) is 5.56 Å². The van der Waals surface area contributed by atoms with Crippen LogP contribution in [0.2, 0.25) is 0 Å². The van der Waals surface area contributed by atoms with Crippen LogP contribution in [0.1, 0.15) is 17.3 Å². The van der Waals surface area contributed by atoms with E-state index in [-0.39, 0.29) is 22.5 Å². The maximum atomic E-state index is 13.7. The molecule has 0 amide bonds. The number of aromatic nitrogens is 1. The van der Waals surface area contributed by atoms with E-state index in [9.17, 15) is 13.6 Å². The van der Waals surface area contributed by atoms with Crippen molar-refractivity contribution in [3.05, 3.63) is 52.1 Å². The normalized spacial score (nSPS) is 10.3. The van der Waals surface area contributed by atoms with Gasteiger partial charge in [0.25, 0.3) is 0 Å². The quantitative estimate of drug-likeness (QED) is 0.773. The summed E-state index contributed by atoms with van der Waals surface area (Å²) < 4.78 is 37.7. The number of carbonyl (C=O) groups is 1. The Balaban J connectivity index is 2.39. The van der Waals surface area contributed by atoms with E-state index >= 15 is 0 Å². The van der Waals surface area contributed by atoms with Crippen LogP contribution in [0.5, 0.6) is 11.6 Å². The summed E-state index contributed by atoms with van der Waals surface area (Å²) in [7, 11) is 0. The molecule has 21 heavy (non-hydrogen) atoms. The second-order valence-electron chi connectivity index (χ2n) is 3.88. The van der Waals surface area contributed by atoms with Crippen molar-refractivity contribution in [2.45, 2.75) is 6.92 Å². The third kappa shape index (κ3) is 3.55. The van der Waals surface area contributed by atoms with Gasteiger partial charge in [0.05, 0.1) is 6.61 Å². The van der Waals surface area contributed by atoms with Gasteiger partial charge in [0.15, 0.2) is 11.6 Å². The van der Waals surface area contributed by atoms with E-state index in [2.05, 4.69) is 20.9 Å². The maximum absolute atomic E-state index is 13.7. The Hall–Kier alpha value is -2.02. The molecular weight excluding hydrogens is 348 g/mol. The molecule has 0 saturated carbocycles. The van der Waals surface area contributed by atoms with E-state index in [1.807, 2.05) is 0 Å². The molecule has 1 aromatic heterocycles. The lowest BCUT2D eigenvalue weighted by molar-refractivity contribution is 0.0522. The number of rotatable bonds is 4.